The second kappa shape index (κ2) is 8.06. The predicted molar refractivity (Wildman–Crippen MR) is 96.4 cm³/mol. The Morgan fingerprint density at radius 3 is 2.36 bits per heavy atom. The first-order valence-electron chi connectivity index (χ1n) is 8.21. The highest BCUT2D eigenvalue weighted by atomic mass is 16.2. The van der Waals surface area contributed by atoms with Crippen molar-refractivity contribution in [3.05, 3.63) is 78.0 Å². The fraction of sp³-hybridized carbons (Fsp3) is 0.150. The number of nitrogens with zero attached hydrogens (tertiary/aromatic N) is 1. The molecule has 0 atom stereocenters. The highest BCUT2D eigenvalue weighted by Crippen LogP contribution is 2.16. The van der Waals surface area contributed by atoms with Crippen molar-refractivity contribution in [3.8, 4) is 11.3 Å². The van der Waals surface area contributed by atoms with E-state index in [0.29, 0.717) is 30.6 Å². The molecule has 2 N–H and O–H groups in total. The molecule has 0 aliphatic rings. The van der Waals surface area contributed by atoms with Gasteiger partial charge in [0, 0.05) is 24.1 Å². The molecule has 5 nitrogen and oxygen atoms in total. The van der Waals surface area contributed by atoms with Crippen molar-refractivity contribution in [2.24, 2.45) is 0 Å². The van der Waals surface area contributed by atoms with Crippen LogP contribution in [0.4, 0.5) is 0 Å². The number of nitrogens with one attached hydrogen (secondary N) is 2. The highest BCUT2D eigenvalue weighted by Gasteiger charge is 2.11. The molecule has 5 heteroatoms. The summed E-state index contributed by atoms with van der Waals surface area (Å²) >= 11 is 0. The van der Waals surface area contributed by atoms with Crippen LogP contribution in [0.3, 0.4) is 0 Å². The summed E-state index contributed by atoms with van der Waals surface area (Å²) in [6, 6.07) is 20.6. The minimum atomic E-state index is -0.221. The van der Waals surface area contributed by atoms with Gasteiger partial charge in [0.25, 0.3) is 5.91 Å². The molecular weight excluding hydrogens is 314 g/mol. The maximum atomic E-state index is 12.1. The van der Waals surface area contributed by atoms with Crippen molar-refractivity contribution in [2.75, 3.05) is 6.54 Å². The fourth-order valence-electron chi connectivity index (χ4n) is 2.51. The van der Waals surface area contributed by atoms with Crippen LogP contribution >= 0.6 is 0 Å². The molecule has 0 saturated carbocycles. The first-order chi connectivity index (χ1) is 12.2. The van der Waals surface area contributed by atoms with E-state index in [9.17, 15) is 9.59 Å². The SMILES string of the molecule is O=C(CCCNC(=O)c1cc(-c2ccccc2)n[nH]1)c1ccccc1. The van der Waals surface area contributed by atoms with Gasteiger partial charge in [-0.1, -0.05) is 60.7 Å². The van der Waals surface area contributed by atoms with E-state index < -0.39 is 0 Å². The third-order valence-corrected chi connectivity index (χ3v) is 3.85. The molecule has 0 aliphatic carbocycles. The van der Waals surface area contributed by atoms with Gasteiger partial charge < -0.3 is 5.32 Å². The highest BCUT2D eigenvalue weighted by molar-refractivity contribution is 5.96. The summed E-state index contributed by atoms with van der Waals surface area (Å²) < 4.78 is 0. The number of H-pyrrole nitrogens is 1. The molecule has 0 unspecified atom stereocenters. The van der Waals surface area contributed by atoms with Gasteiger partial charge in [0.2, 0.25) is 0 Å². The van der Waals surface area contributed by atoms with Gasteiger partial charge in [-0.05, 0) is 12.5 Å². The minimum absolute atomic E-state index is 0.0859. The van der Waals surface area contributed by atoms with Crippen LogP contribution in [0.15, 0.2) is 66.7 Å². The van der Waals surface area contributed by atoms with Crippen LogP contribution in [-0.4, -0.2) is 28.4 Å². The molecule has 126 valence electrons. The molecule has 1 aromatic heterocycles. The Morgan fingerprint density at radius 2 is 1.64 bits per heavy atom. The number of benzene rings is 2. The van der Waals surface area contributed by atoms with Crippen LogP contribution in [0.5, 0.6) is 0 Å². The third kappa shape index (κ3) is 4.41. The summed E-state index contributed by atoms with van der Waals surface area (Å²) in [6.45, 7) is 0.442. The van der Waals surface area contributed by atoms with Gasteiger partial charge in [0.1, 0.15) is 5.69 Å². The Labute approximate surface area is 146 Å². The summed E-state index contributed by atoms with van der Waals surface area (Å²) in [5.41, 5.74) is 2.79. The van der Waals surface area contributed by atoms with Gasteiger partial charge in [0.05, 0.1) is 5.69 Å². The molecule has 1 heterocycles. The number of rotatable bonds is 7. The number of ketones is 1. The normalized spacial score (nSPS) is 10.4. The maximum absolute atomic E-state index is 12.1. The number of amides is 1. The van der Waals surface area contributed by atoms with Crippen molar-refractivity contribution in [3.63, 3.8) is 0 Å². The molecule has 25 heavy (non-hydrogen) atoms. The first kappa shape index (κ1) is 16.6. The molecule has 0 fully saturated rings. The zero-order valence-electron chi connectivity index (χ0n) is 13.7. The van der Waals surface area contributed by atoms with E-state index in [0.717, 1.165) is 11.3 Å². The van der Waals surface area contributed by atoms with Crippen molar-refractivity contribution in [1.82, 2.24) is 15.5 Å². The lowest BCUT2D eigenvalue weighted by Gasteiger charge is -2.03. The smallest absolute Gasteiger partial charge is 0.269 e. The number of carbonyl (C=O) groups is 2. The van der Waals surface area contributed by atoms with Crippen LogP contribution in [0.2, 0.25) is 0 Å². The van der Waals surface area contributed by atoms with Gasteiger partial charge >= 0.3 is 0 Å². The molecule has 1 amide bonds. The topological polar surface area (TPSA) is 74.8 Å². The largest absolute Gasteiger partial charge is 0.351 e. The molecule has 3 aromatic rings. The van der Waals surface area contributed by atoms with E-state index in [4.69, 9.17) is 0 Å². The van der Waals surface area contributed by atoms with E-state index in [2.05, 4.69) is 15.5 Å². The predicted octanol–water partition coefficient (Wildman–Crippen LogP) is 3.47. The molecule has 0 aliphatic heterocycles. The average Bonchev–Trinajstić information content (AvgIpc) is 3.16. The Morgan fingerprint density at radius 1 is 0.960 bits per heavy atom. The maximum Gasteiger partial charge on any atom is 0.269 e. The molecule has 0 saturated heterocycles. The van der Waals surface area contributed by atoms with Crippen LogP contribution < -0.4 is 5.32 Å². The average molecular weight is 333 g/mol. The van der Waals surface area contributed by atoms with Crippen LogP contribution in [0.25, 0.3) is 11.3 Å². The lowest BCUT2D eigenvalue weighted by Crippen LogP contribution is -2.25. The van der Waals surface area contributed by atoms with Gasteiger partial charge in [-0.3, -0.25) is 14.7 Å². The van der Waals surface area contributed by atoms with Gasteiger partial charge in [-0.2, -0.15) is 5.10 Å². The second-order valence-corrected chi connectivity index (χ2v) is 5.68. The summed E-state index contributed by atoms with van der Waals surface area (Å²) in [5.74, 6) is -0.135. The van der Waals surface area contributed by atoms with Crippen molar-refractivity contribution >= 4 is 11.7 Å². The number of aromatic nitrogens is 2. The molecule has 0 radical (unpaired) electrons. The third-order valence-electron chi connectivity index (χ3n) is 3.85. The minimum Gasteiger partial charge on any atom is -0.351 e. The summed E-state index contributed by atoms with van der Waals surface area (Å²) in [7, 11) is 0. The number of hydrogen-bond acceptors (Lipinski definition) is 3. The molecular formula is C20H19N3O2. The number of hydrogen-bond donors (Lipinski definition) is 2. The molecule has 0 spiro atoms. The summed E-state index contributed by atoms with van der Waals surface area (Å²) in [4.78, 5) is 24.1. The second-order valence-electron chi connectivity index (χ2n) is 5.68. The molecule has 2 aromatic carbocycles. The van der Waals surface area contributed by atoms with Crippen LogP contribution in [0, 0.1) is 0 Å². The standard InChI is InChI=1S/C20H19N3O2/c24-19(16-10-5-2-6-11-16)12-7-13-21-20(25)18-14-17(22-23-18)15-8-3-1-4-9-15/h1-6,8-11,14H,7,12-13H2,(H,21,25)(H,22,23). The van der Waals surface area contributed by atoms with E-state index in [1.165, 1.54) is 0 Å². The van der Waals surface area contributed by atoms with Gasteiger partial charge in [-0.15, -0.1) is 0 Å². The van der Waals surface area contributed by atoms with E-state index in [1.807, 2.05) is 48.5 Å². The first-order valence-corrected chi connectivity index (χ1v) is 8.21. The van der Waals surface area contributed by atoms with Crippen molar-refractivity contribution < 1.29 is 9.59 Å². The fourth-order valence-corrected chi connectivity index (χ4v) is 2.51. The van der Waals surface area contributed by atoms with E-state index in [1.54, 1.807) is 18.2 Å². The van der Waals surface area contributed by atoms with E-state index in [-0.39, 0.29) is 11.7 Å². The molecule has 0 bridgehead atoms. The van der Waals surface area contributed by atoms with Crippen LogP contribution in [-0.2, 0) is 0 Å². The lowest BCUT2D eigenvalue weighted by atomic mass is 10.1. The Hall–Kier alpha value is -3.21. The van der Waals surface area contributed by atoms with E-state index >= 15 is 0 Å². The lowest BCUT2D eigenvalue weighted by molar-refractivity contribution is 0.0934. The zero-order chi connectivity index (χ0) is 17.5. The summed E-state index contributed by atoms with van der Waals surface area (Å²) in [5, 5.41) is 9.72. The number of carbonyl (C=O) groups excluding carboxylic acids is 2. The number of Topliss-reactive ketones (excluding diaryl/α,β-unsaturated/α-hetero) is 1. The Kier molecular flexibility index (Phi) is 5.36. The number of aromatic amines is 1. The quantitative estimate of drug-likeness (QED) is 0.513. The van der Waals surface area contributed by atoms with Crippen molar-refractivity contribution in [1.29, 1.82) is 0 Å². The van der Waals surface area contributed by atoms with Gasteiger partial charge in [-0.25, -0.2) is 0 Å². The Bertz CT molecular complexity index is 842. The monoisotopic (exact) mass is 333 g/mol. The molecule has 3 rings (SSSR count). The van der Waals surface area contributed by atoms with Crippen LogP contribution in [0.1, 0.15) is 33.7 Å². The van der Waals surface area contributed by atoms with Gasteiger partial charge in [0.15, 0.2) is 5.78 Å². The summed E-state index contributed by atoms with van der Waals surface area (Å²) in [6.07, 6.45) is 1.00. The zero-order valence-corrected chi connectivity index (χ0v) is 13.7. The van der Waals surface area contributed by atoms with Crippen molar-refractivity contribution in [2.45, 2.75) is 12.8 Å². The Balaban J connectivity index is 1.47.